The summed E-state index contributed by atoms with van der Waals surface area (Å²) >= 11 is 5.85. The van der Waals surface area contributed by atoms with Crippen molar-refractivity contribution in [3.8, 4) is 0 Å². The Labute approximate surface area is 54.6 Å². The minimum atomic E-state index is 0.278. The Morgan fingerprint density at radius 2 is 2.38 bits per heavy atom. The second kappa shape index (κ2) is 2.67. The Morgan fingerprint density at radius 1 is 1.62 bits per heavy atom. The number of hydrogen-bond acceptors (Lipinski definition) is 2. The van der Waals surface area contributed by atoms with E-state index in [2.05, 4.69) is 10.6 Å². The highest BCUT2D eigenvalue weighted by Crippen LogP contribution is 2.05. The molecule has 1 aliphatic heterocycles. The van der Waals surface area contributed by atoms with Crippen molar-refractivity contribution < 1.29 is 0 Å². The highest BCUT2D eigenvalue weighted by atomic mass is 35.5. The van der Waals surface area contributed by atoms with Crippen molar-refractivity contribution in [3.05, 3.63) is 0 Å². The standard InChI is InChI=1S/C5H11ClN2/c1-7-5-3-8-2-4(5)6/h4-5,7-8H,2-3H2,1H3. The third-order valence-electron chi connectivity index (χ3n) is 1.51. The number of likely N-dealkylation sites (N-methyl/N-ethyl adjacent to an activating group) is 1. The predicted molar refractivity (Wildman–Crippen MR) is 35.4 cm³/mol. The maximum Gasteiger partial charge on any atom is 0.0625 e. The average Bonchev–Trinajstić information content (AvgIpc) is 2.14. The Bertz CT molecular complexity index is 76.8. The van der Waals surface area contributed by atoms with Crippen LogP contribution in [-0.4, -0.2) is 31.6 Å². The van der Waals surface area contributed by atoms with Crippen LogP contribution in [0.15, 0.2) is 0 Å². The van der Waals surface area contributed by atoms with E-state index in [4.69, 9.17) is 11.6 Å². The lowest BCUT2D eigenvalue weighted by Crippen LogP contribution is -2.33. The van der Waals surface area contributed by atoms with E-state index in [9.17, 15) is 0 Å². The van der Waals surface area contributed by atoms with Crippen LogP contribution < -0.4 is 10.6 Å². The van der Waals surface area contributed by atoms with Gasteiger partial charge in [-0.25, -0.2) is 0 Å². The zero-order valence-electron chi connectivity index (χ0n) is 4.95. The third-order valence-corrected chi connectivity index (χ3v) is 1.97. The quantitative estimate of drug-likeness (QED) is 0.485. The second-order valence-electron chi connectivity index (χ2n) is 2.07. The maximum atomic E-state index is 5.85. The second-order valence-corrected chi connectivity index (χ2v) is 2.63. The highest BCUT2D eigenvalue weighted by molar-refractivity contribution is 6.21. The summed E-state index contributed by atoms with van der Waals surface area (Å²) in [4.78, 5) is 0. The van der Waals surface area contributed by atoms with Crippen LogP contribution in [0, 0.1) is 0 Å². The number of halogens is 1. The fourth-order valence-corrected chi connectivity index (χ4v) is 1.25. The van der Waals surface area contributed by atoms with Crippen LogP contribution in [-0.2, 0) is 0 Å². The van der Waals surface area contributed by atoms with Gasteiger partial charge < -0.3 is 10.6 Å². The fraction of sp³-hybridized carbons (Fsp3) is 1.00. The van der Waals surface area contributed by atoms with Gasteiger partial charge in [-0.15, -0.1) is 11.6 Å². The molecule has 0 saturated carbocycles. The Kier molecular flexibility index (Phi) is 2.11. The first-order chi connectivity index (χ1) is 3.84. The summed E-state index contributed by atoms with van der Waals surface area (Å²) in [5.41, 5.74) is 0. The molecule has 0 aromatic heterocycles. The highest BCUT2D eigenvalue weighted by Gasteiger charge is 2.22. The zero-order valence-corrected chi connectivity index (χ0v) is 5.70. The fourth-order valence-electron chi connectivity index (χ4n) is 0.930. The Balaban J connectivity index is 2.30. The van der Waals surface area contributed by atoms with Gasteiger partial charge in [0.1, 0.15) is 0 Å². The van der Waals surface area contributed by atoms with Crippen LogP contribution in [0.25, 0.3) is 0 Å². The van der Waals surface area contributed by atoms with Gasteiger partial charge in [-0.1, -0.05) is 0 Å². The van der Waals surface area contributed by atoms with Gasteiger partial charge in [-0.05, 0) is 7.05 Å². The number of alkyl halides is 1. The molecule has 0 bridgehead atoms. The Hall–Kier alpha value is 0.210. The first kappa shape index (κ1) is 6.33. The summed E-state index contributed by atoms with van der Waals surface area (Å²) in [6.07, 6.45) is 0. The summed E-state index contributed by atoms with van der Waals surface area (Å²) in [6.45, 7) is 1.94. The van der Waals surface area contributed by atoms with E-state index in [-0.39, 0.29) is 5.38 Å². The van der Waals surface area contributed by atoms with Gasteiger partial charge in [-0.3, -0.25) is 0 Å². The molecule has 1 saturated heterocycles. The van der Waals surface area contributed by atoms with Crippen molar-refractivity contribution in [2.24, 2.45) is 0 Å². The summed E-state index contributed by atoms with van der Waals surface area (Å²) in [7, 11) is 1.94. The van der Waals surface area contributed by atoms with Crippen molar-refractivity contribution in [3.63, 3.8) is 0 Å². The molecule has 8 heavy (non-hydrogen) atoms. The molecule has 1 rings (SSSR count). The molecule has 2 N–H and O–H groups in total. The van der Waals surface area contributed by atoms with E-state index in [1.165, 1.54) is 0 Å². The molecule has 48 valence electrons. The van der Waals surface area contributed by atoms with Crippen molar-refractivity contribution >= 4 is 11.6 Å². The van der Waals surface area contributed by atoms with Gasteiger partial charge in [0.15, 0.2) is 0 Å². The predicted octanol–water partition coefficient (Wildman–Crippen LogP) is -0.215. The van der Waals surface area contributed by atoms with Gasteiger partial charge in [0, 0.05) is 19.1 Å². The molecule has 2 atom stereocenters. The Morgan fingerprint density at radius 3 is 2.62 bits per heavy atom. The van der Waals surface area contributed by atoms with E-state index in [1.54, 1.807) is 0 Å². The van der Waals surface area contributed by atoms with Crippen LogP contribution in [0.4, 0.5) is 0 Å². The van der Waals surface area contributed by atoms with Gasteiger partial charge in [0.05, 0.1) is 5.38 Å². The lowest BCUT2D eigenvalue weighted by Gasteiger charge is -2.08. The smallest absolute Gasteiger partial charge is 0.0625 e. The lowest BCUT2D eigenvalue weighted by atomic mass is 10.3. The van der Waals surface area contributed by atoms with Crippen LogP contribution >= 0.6 is 11.6 Å². The summed E-state index contributed by atoms with van der Waals surface area (Å²) < 4.78 is 0. The first-order valence-corrected chi connectivity index (χ1v) is 3.30. The van der Waals surface area contributed by atoms with Crippen molar-refractivity contribution in [2.45, 2.75) is 11.4 Å². The van der Waals surface area contributed by atoms with E-state index >= 15 is 0 Å². The van der Waals surface area contributed by atoms with E-state index in [1.807, 2.05) is 7.05 Å². The molecule has 0 aromatic carbocycles. The van der Waals surface area contributed by atoms with E-state index in [0.717, 1.165) is 13.1 Å². The van der Waals surface area contributed by atoms with Crippen molar-refractivity contribution in [2.75, 3.05) is 20.1 Å². The molecule has 1 aliphatic rings. The molecule has 2 unspecified atom stereocenters. The van der Waals surface area contributed by atoms with Gasteiger partial charge in [0.25, 0.3) is 0 Å². The monoisotopic (exact) mass is 134 g/mol. The van der Waals surface area contributed by atoms with Crippen LogP contribution in [0.1, 0.15) is 0 Å². The average molecular weight is 135 g/mol. The van der Waals surface area contributed by atoms with Crippen LogP contribution in [0.2, 0.25) is 0 Å². The molecule has 0 spiro atoms. The molecule has 0 aliphatic carbocycles. The summed E-state index contributed by atoms with van der Waals surface area (Å²) in [5.74, 6) is 0. The van der Waals surface area contributed by atoms with Crippen LogP contribution in [0.5, 0.6) is 0 Å². The minimum Gasteiger partial charge on any atom is -0.314 e. The molecule has 2 nitrogen and oxygen atoms in total. The lowest BCUT2D eigenvalue weighted by molar-refractivity contribution is 0.616. The molecule has 1 heterocycles. The number of hydrogen-bond donors (Lipinski definition) is 2. The molecule has 0 amide bonds. The molecule has 0 aromatic rings. The molecular formula is C5H11ClN2. The van der Waals surface area contributed by atoms with Gasteiger partial charge in [0.2, 0.25) is 0 Å². The van der Waals surface area contributed by atoms with Gasteiger partial charge >= 0.3 is 0 Å². The van der Waals surface area contributed by atoms with Gasteiger partial charge in [-0.2, -0.15) is 0 Å². The van der Waals surface area contributed by atoms with E-state index in [0.29, 0.717) is 6.04 Å². The topological polar surface area (TPSA) is 24.1 Å². The van der Waals surface area contributed by atoms with Crippen molar-refractivity contribution in [1.29, 1.82) is 0 Å². The summed E-state index contributed by atoms with van der Waals surface area (Å²) in [6, 6.07) is 0.469. The van der Waals surface area contributed by atoms with Crippen LogP contribution in [0.3, 0.4) is 0 Å². The largest absolute Gasteiger partial charge is 0.314 e. The van der Waals surface area contributed by atoms with E-state index < -0.39 is 0 Å². The minimum absolute atomic E-state index is 0.278. The third kappa shape index (κ3) is 1.13. The molecule has 1 fully saturated rings. The number of rotatable bonds is 1. The van der Waals surface area contributed by atoms with Crippen molar-refractivity contribution in [1.82, 2.24) is 10.6 Å². The molecule has 0 radical (unpaired) electrons. The molecule has 3 heteroatoms. The normalized spacial score (nSPS) is 38.2. The maximum absolute atomic E-state index is 5.85. The zero-order chi connectivity index (χ0) is 5.98. The molecular weight excluding hydrogens is 124 g/mol. The SMILES string of the molecule is CNC1CNCC1Cl. The first-order valence-electron chi connectivity index (χ1n) is 2.86. The number of nitrogens with one attached hydrogen (secondary N) is 2. The summed E-state index contributed by atoms with van der Waals surface area (Å²) in [5, 5.41) is 6.58.